The zero-order chi connectivity index (χ0) is 15.8. The molecule has 120 valence electrons. The third-order valence-electron chi connectivity index (χ3n) is 4.84. The van der Waals surface area contributed by atoms with Crippen LogP contribution in [0.1, 0.15) is 19.3 Å². The van der Waals surface area contributed by atoms with Crippen LogP contribution in [0.3, 0.4) is 0 Å². The summed E-state index contributed by atoms with van der Waals surface area (Å²) in [4.78, 5) is 20.0. The molecule has 1 aliphatic carbocycles. The van der Waals surface area contributed by atoms with E-state index in [9.17, 15) is 4.79 Å². The zero-order valence-corrected chi connectivity index (χ0v) is 13.1. The van der Waals surface area contributed by atoms with Crippen LogP contribution in [0.5, 0.6) is 0 Å². The minimum Gasteiger partial charge on any atom is -0.379 e. The lowest BCUT2D eigenvalue weighted by atomic mass is 9.89. The van der Waals surface area contributed by atoms with Crippen LogP contribution in [0.4, 0.5) is 5.69 Å². The summed E-state index contributed by atoms with van der Waals surface area (Å²) in [6, 6.07) is 0.373. The Morgan fingerprint density at radius 1 is 1.30 bits per heavy atom. The number of carbonyl (C=O) groups is 1. The van der Waals surface area contributed by atoms with E-state index < -0.39 is 0 Å². The Morgan fingerprint density at radius 2 is 2.17 bits per heavy atom. The maximum absolute atomic E-state index is 11.6. The SMILES string of the molecule is Cn1cc(NC2C[C@H]3CC(=O)NC[C@H]3C2)c(-c2cnccn2)n1. The Bertz CT molecular complexity index is 713. The van der Waals surface area contributed by atoms with Crippen LogP contribution >= 0.6 is 0 Å². The summed E-state index contributed by atoms with van der Waals surface area (Å²) < 4.78 is 1.79. The fourth-order valence-electron chi connectivity index (χ4n) is 3.81. The average molecular weight is 312 g/mol. The average Bonchev–Trinajstić information content (AvgIpc) is 3.10. The number of aryl methyl sites for hydroxylation is 1. The maximum Gasteiger partial charge on any atom is 0.220 e. The van der Waals surface area contributed by atoms with Crippen molar-refractivity contribution in [3.05, 3.63) is 24.8 Å². The van der Waals surface area contributed by atoms with Crippen LogP contribution < -0.4 is 10.6 Å². The molecule has 2 aromatic heterocycles. The van der Waals surface area contributed by atoms with Crippen LogP contribution in [0, 0.1) is 11.8 Å². The van der Waals surface area contributed by atoms with Crippen molar-refractivity contribution >= 4 is 11.6 Å². The summed E-state index contributed by atoms with van der Waals surface area (Å²) in [6.45, 7) is 0.811. The molecule has 2 aliphatic rings. The van der Waals surface area contributed by atoms with Gasteiger partial charge in [-0.25, -0.2) is 0 Å². The van der Waals surface area contributed by atoms with Crippen molar-refractivity contribution in [2.45, 2.75) is 25.3 Å². The van der Waals surface area contributed by atoms with Gasteiger partial charge in [0.2, 0.25) is 5.91 Å². The smallest absolute Gasteiger partial charge is 0.220 e. The molecule has 3 heterocycles. The second kappa shape index (κ2) is 5.64. The third-order valence-corrected chi connectivity index (χ3v) is 4.84. The van der Waals surface area contributed by atoms with Crippen molar-refractivity contribution in [1.29, 1.82) is 0 Å². The highest BCUT2D eigenvalue weighted by Crippen LogP contribution is 2.38. The minimum atomic E-state index is 0.188. The molecule has 2 N–H and O–H groups in total. The van der Waals surface area contributed by atoms with Crippen LogP contribution in [-0.2, 0) is 11.8 Å². The molecule has 4 rings (SSSR count). The van der Waals surface area contributed by atoms with E-state index in [4.69, 9.17) is 0 Å². The van der Waals surface area contributed by atoms with Gasteiger partial charge in [-0.3, -0.25) is 19.4 Å². The van der Waals surface area contributed by atoms with Gasteiger partial charge in [-0.05, 0) is 24.7 Å². The van der Waals surface area contributed by atoms with E-state index in [-0.39, 0.29) is 5.91 Å². The number of fused-ring (bicyclic) bond motifs is 1. The number of nitrogens with one attached hydrogen (secondary N) is 2. The van der Waals surface area contributed by atoms with Crippen molar-refractivity contribution in [3.63, 3.8) is 0 Å². The molecule has 1 amide bonds. The molecule has 0 aromatic carbocycles. The Balaban J connectivity index is 1.53. The summed E-state index contributed by atoms with van der Waals surface area (Å²) in [5.41, 5.74) is 2.57. The molecule has 7 nitrogen and oxygen atoms in total. The predicted molar refractivity (Wildman–Crippen MR) is 85.5 cm³/mol. The van der Waals surface area contributed by atoms with Gasteiger partial charge in [0.25, 0.3) is 0 Å². The molecule has 1 saturated heterocycles. The van der Waals surface area contributed by atoms with Crippen LogP contribution in [0.2, 0.25) is 0 Å². The fraction of sp³-hybridized carbons (Fsp3) is 0.500. The third kappa shape index (κ3) is 2.78. The standard InChI is InChI=1S/C16H20N6O/c1-22-9-14(16(21-22)13-8-17-2-3-18-13)20-12-4-10-6-15(23)19-7-11(10)5-12/h2-3,8-12,20H,4-7H2,1H3,(H,19,23)/t10-,11+,12?/m0/s1. The molecule has 1 unspecified atom stereocenters. The Kier molecular flexibility index (Phi) is 3.48. The van der Waals surface area contributed by atoms with Crippen molar-refractivity contribution in [1.82, 2.24) is 25.1 Å². The molecule has 7 heteroatoms. The van der Waals surface area contributed by atoms with Crippen LogP contribution in [0.15, 0.2) is 24.8 Å². The Labute approximate surface area is 134 Å². The molecule has 2 aromatic rings. The number of carbonyl (C=O) groups excluding carboxylic acids is 1. The second-order valence-corrected chi connectivity index (χ2v) is 6.50. The zero-order valence-electron chi connectivity index (χ0n) is 13.1. The molecule has 0 bridgehead atoms. The lowest BCUT2D eigenvalue weighted by Crippen LogP contribution is -2.38. The first-order chi connectivity index (χ1) is 11.2. The van der Waals surface area contributed by atoms with Gasteiger partial charge in [-0.2, -0.15) is 5.10 Å². The van der Waals surface area contributed by atoms with Crippen molar-refractivity contribution in [2.24, 2.45) is 18.9 Å². The van der Waals surface area contributed by atoms with Gasteiger partial charge in [0, 0.05) is 44.6 Å². The predicted octanol–water partition coefficient (Wildman–Crippen LogP) is 1.20. The van der Waals surface area contributed by atoms with Crippen LogP contribution in [-0.4, -0.2) is 38.2 Å². The quantitative estimate of drug-likeness (QED) is 0.890. The van der Waals surface area contributed by atoms with E-state index in [2.05, 4.69) is 25.7 Å². The number of anilines is 1. The van der Waals surface area contributed by atoms with Gasteiger partial charge < -0.3 is 10.6 Å². The minimum absolute atomic E-state index is 0.188. The van der Waals surface area contributed by atoms with Crippen molar-refractivity contribution < 1.29 is 4.79 Å². The highest BCUT2D eigenvalue weighted by molar-refractivity contribution is 5.77. The number of amides is 1. The first kappa shape index (κ1) is 14.2. The number of hydrogen-bond donors (Lipinski definition) is 2. The summed E-state index contributed by atoms with van der Waals surface area (Å²) in [7, 11) is 1.90. The first-order valence-electron chi connectivity index (χ1n) is 8.02. The molecule has 1 aliphatic heterocycles. The van der Waals surface area contributed by atoms with Gasteiger partial charge in [0.05, 0.1) is 11.9 Å². The number of piperidine rings is 1. The summed E-state index contributed by atoms with van der Waals surface area (Å²) in [6.07, 6.45) is 9.82. The number of aromatic nitrogens is 4. The molecule has 1 saturated carbocycles. The van der Waals surface area contributed by atoms with E-state index in [1.165, 1.54) is 0 Å². The Morgan fingerprint density at radius 3 is 3.00 bits per heavy atom. The molecule has 23 heavy (non-hydrogen) atoms. The van der Waals surface area contributed by atoms with E-state index in [1.807, 2.05) is 13.2 Å². The highest BCUT2D eigenvalue weighted by atomic mass is 16.1. The molecular weight excluding hydrogens is 292 g/mol. The first-order valence-corrected chi connectivity index (χ1v) is 8.02. The van der Waals surface area contributed by atoms with Crippen molar-refractivity contribution in [2.75, 3.05) is 11.9 Å². The topological polar surface area (TPSA) is 84.7 Å². The molecule has 0 spiro atoms. The molecule has 2 fully saturated rings. The van der Waals surface area contributed by atoms with Gasteiger partial charge in [0.1, 0.15) is 11.4 Å². The van der Waals surface area contributed by atoms with Gasteiger partial charge in [-0.15, -0.1) is 0 Å². The summed E-state index contributed by atoms with van der Waals surface area (Å²) in [5, 5.41) is 11.1. The number of rotatable bonds is 3. The second-order valence-electron chi connectivity index (χ2n) is 6.50. The maximum atomic E-state index is 11.6. The molecule has 0 radical (unpaired) electrons. The normalized spacial score (nSPS) is 26.7. The van der Waals surface area contributed by atoms with E-state index in [0.717, 1.165) is 36.5 Å². The largest absolute Gasteiger partial charge is 0.379 e. The highest BCUT2D eigenvalue weighted by Gasteiger charge is 2.38. The van der Waals surface area contributed by atoms with E-state index in [1.54, 1.807) is 23.3 Å². The number of hydrogen-bond acceptors (Lipinski definition) is 5. The lowest BCUT2D eigenvalue weighted by molar-refractivity contribution is -0.124. The number of nitrogens with zero attached hydrogens (tertiary/aromatic N) is 4. The van der Waals surface area contributed by atoms with Gasteiger partial charge >= 0.3 is 0 Å². The monoisotopic (exact) mass is 312 g/mol. The Hall–Kier alpha value is -2.44. The summed E-state index contributed by atoms with van der Waals surface area (Å²) in [5.74, 6) is 1.27. The lowest BCUT2D eigenvalue weighted by Gasteiger charge is -2.24. The molecule has 3 atom stereocenters. The van der Waals surface area contributed by atoms with E-state index >= 15 is 0 Å². The molecular formula is C16H20N6O. The van der Waals surface area contributed by atoms with Gasteiger partial charge in [-0.1, -0.05) is 0 Å². The fourth-order valence-corrected chi connectivity index (χ4v) is 3.81. The van der Waals surface area contributed by atoms with E-state index in [0.29, 0.717) is 24.3 Å². The van der Waals surface area contributed by atoms with Gasteiger partial charge in [0.15, 0.2) is 0 Å². The summed E-state index contributed by atoms with van der Waals surface area (Å²) >= 11 is 0. The van der Waals surface area contributed by atoms with Crippen molar-refractivity contribution in [3.8, 4) is 11.4 Å². The van der Waals surface area contributed by atoms with Crippen LogP contribution in [0.25, 0.3) is 11.4 Å².